The third-order valence-corrected chi connectivity index (χ3v) is 7.07. The van der Waals surface area contributed by atoms with Gasteiger partial charge in [0.2, 0.25) is 5.43 Å². The van der Waals surface area contributed by atoms with Crippen molar-refractivity contribution in [1.29, 1.82) is 0 Å². The van der Waals surface area contributed by atoms with Gasteiger partial charge in [-0.15, -0.1) is 0 Å². The molecule has 5 N–H and O–H groups in total. The number of rotatable bonds is 4. The SMILES string of the molecule is COc1c(N2CC3(CC3)[C@](C)(N)C2)c(F)cc2c(=O)c(C(=O)O)cn([C@@H]3C[C@@H]3F)c12.O. The van der Waals surface area contributed by atoms with Gasteiger partial charge in [-0.25, -0.2) is 13.6 Å². The first-order valence-electron chi connectivity index (χ1n) is 9.97. The van der Waals surface area contributed by atoms with Crippen LogP contribution >= 0.6 is 0 Å². The molecule has 3 atom stereocenters. The molecule has 10 heteroatoms. The molecule has 5 rings (SSSR count). The molecule has 1 spiro atoms. The van der Waals surface area contributed by atoms with Crippen LogP contribution in [0.15, 0.2) is 17.1 Å². The fraction of sp³-hybridized carbons (Fsp3) is 0.524. The molecule has 1 aliphatic heterocycles. The number of aromatic carboxylic acids is 1. The number of carbonyl (C=O) groups is 1. The fourth-order valence-corrected chi connectivity index (χ4v) is 4.99. The van der Waals surface area contributed by atoms with Crippen molar-refractivity contribution in [2.24, 2.45) is 11.1 Å². The number of nitrogens with two attached hydrogens (primary N) is 1. The minimum atomic E-state index is -1.44. The highest BCUT2D eigenvalue weighted by Crippen LogP contribution is 2.59. The van der Waals surface area contributed by atoms with E-state index in [2.05, 4.69) is 0 Å². The maximum atomic E-state index is 15.3. The summed E-state index contributed by atoms with van der Waals surface area (Å²) in [5.41, 5.74) is 4.98. The number of halogens is 2. The second-order valence-electron chi connectivity index (χ2n) is 9.09. The molecule has 0 unspecified atom stereocenters. The monoisotopic (exact) mass is 437 g/mol. The Balaban J connectivity index is 0.00000231. The minimum absolute atomic E-state index is 0. The first-order valence-corrected chi connectivity index (χ1v) is 9.97. The average Bonchev–Trinajstić information content (AvgIpc) is 3.57. The Hall–Kier alpha value is -2.72. The van der Waals surface area contributed by atoms with Crippen molar-refractivity contribution in [3.63, 3.8) is 0 Å². The van der Waals surface area contributed by atoms with Crippen LogP contribution in [-0.2, 0) is 0 Å². The highest BCUT2D eigenvalue weighted by Gasteiger charge is 2.61. The zero-order valence-electron chi connectivity index (χ0n) is 17.2. The molecule has 1 saturated heterocycles. The molecule has 2 saturated carbocycles. The molecule has 2 aliphatic carbocycles. The lowest BCUT2D eigenvalue weighted by atomic mass is 9.87. The Kier molecular flexibility index (Phi) is 4.61. The van der Waals surface area contributed by atoms with Crippen LogP contribution in [0.3, 0.4) is 0 Å². The molecule has 1 aromatic carbocycles. The van der Waals surface area contributed by atoms with Gasteiger partial charge in [-0.2, -0.15) is 0 Å². The molecule has 8 nitrogen and oxygen atoms in total. The number of fused-ring (bicyclic) bond motifs is 1. The van der Waals surface area contributed by atoms with Gasteiger partial charge in [0.1, 0.15) is 17.4 Å². The van der Waals surface area contributed by atoms with Gasteiger partial charge in [0.05, 0.1) is 24.1 Å². The highest BCUT2D eigenvalue weighted by molar-refractivity contribution is 5.97. The van der Waals surface area contributed by atoms with Crippen molar-refractivity contribution in [3.8, 4) is 5.75 Å². The fourth-order valence-electron chi connectivity index (χ4n) is 4.99. The molecular weight excluding hydrogens is 412 g/mol. The van der Waals surface area contributed by atoms with E-state index in [1.165, 1.54) is 11.7 Å². The van der Waals surface area contributed by atoms with Gasteiger partial charge in [-0.3, -0.25) is 4.79 Å². The molecule has 1 aromatic heterocycles. The third-order valence-electron chi connectivity index (χ3n) is 7.07. The van der Waals surface area contributed by atoms with Crippen LogP contribution in [0.25, 0.3) is 10.9 Å². The molecule has 31 heavy (non-hydrogen) atoms. The maximum Gasteiger partial charge on any atom is 0.341 e. The predicted molar refractivity (Wildman–Crippen MR) is 110 cm³/mol. The molecule has 0 bridgehead atoms. The van der Waals surface area contributed by atoms with E-state index in [1.54, 1.807) is 0 Å². The van der Waals surface area contributed by atoms with E-state index in [0.717, 1.165) is 25.1 Å². The van der Waals surface area contributed by atoms with Gasteiger partial charge < -0.3 is 30.5 Å². The first-order chi connectivity index (χ1) is 14.1. The third kappa shape index (κ3) is 2.92. The molecule has 168 valence electrons. The van der Waals surface area contributed by atoms with Gasteiger partial charge in [0.25, 0.3) is 0 Å². The van der Waals surface area contributed by atoms with Crippen LogP contribution in [0.5, 0.6) is 5.75 Å². The van der Waals surface area contributed by atoms with E-state index in [4.69, 9.17) is 10.5 Å². The van der Waals surface area contributed by atoms with Crippen molar-refractivity contribution >= 4 is 22.6 Å². The van der Waals surface area contributed by atoms with Crippen LogP contribution in [0.4, 0.5) is 14.5 Å². The zero-order chi connectivity index (χ0) is 21.6. The second kappa shape index (κ2) is 6.64. The van der Waals surface area contributed by atoms with E-state index in [1.807, 2.05) is 11.8 Å². The summed E-state index contributed by atoms with van der Waals surface area (Å²) in [6.07, 6.45) is 2.10. The number of alkyl halides is 1. The molecule has 0 amide bonds. The van der Waals surface area contributed by atoms with Crippen LogP contribution in [0.2, 0.25) is 0 Å². The summed E-state index contributed by atoms with van der Waals surface area (Å²) < 4.78 is 36.3. The number of nitrogens with zero attached hydrogens (tertiary/aromatic N) is 2. The summed E-state index contributed by atoms with van der Waals surface area (Å²) in [6.45, 7) is 2.93. The highest BCUT2D eigenvalue weighted by atomic mass is 19.1. The number of ether oxygens (including phenoxy) is 1. The first kappa shape index (κ1) is 21.5. The Morgan fingerprint density at radius 3 is 2.48 bits per heavy atom. The van der Waals surface area contributed by atoms with E-state index in [-0.39, 0.29) is 39.7 Å². The molecule has 3 aliphatic rings. The van der Waals surface area contributed by atoms with E-state index in [0.29, 0.717) is 13.1 Å². The Morgan fingerprint density at radius 2 is 2.00 bits per heavy atom. The summed E-state index contributed by atoms with van der Waals surface area (Å²) >= 11 is 0. The van der Waals surface area contributed by atoms with Crippen LogP contribution in [0.1, 0.15) is 42.6 Å². The van der Waals surface area contributed by atoms with E-state index in [9.17, 15) is 19.1 Å². The molecular formula is C21H25F2N3O5. The molecule has 2 aromatic rings. The number of carboxylic acid groups (broad SMARTS) is 1. The normalized spacial score (nSPS) is 28.0. The van der Waals surface area contributed by atoms with Gasteiger partial charge in [0.15, 0.2) is 11.6 Å². The number of methoxy groups -OCH3 is 1. The van der Waals surface area contributed by atoms with Crippen LogP contribution in [-0.4, -0.2) is 53.0 Å². The van der Waals surface area contributed by atoms with E-state index < -0.39 is 40.5 Å². The van der Waals surface area contributed by atoms with Crippen molar-refractivity contribution in [2.45, 2.75) is 43.9 Å². The lowest BCUT2D eigenvalue weighted by Gasteiger charge is -2.26. The maximum absolute atomic E-state index is 15.3. The lowest BCUT2D eigenvalue weighted by Crippen LogP contribution is -2.45. The number of anilines is 1. The van der Waals surface area contributed by atoms with Crippen molar-refractivity contribution < 1.29 is 28.9 Å². The minimum Gasteiger partial charge on any atom is -0.492 e. The van der Waals surface area contributed by atoms with E-state index >= 15 is 4.39 Å². The number of aromatic nitrogens is 1. The number of benzene rings is 1. The van der Waals surface area contributed by atoms with Crippen molar-refractivity contribution in [2.75, 3.05) is 25.1 Å². The van der Waals surface area contributed by atoms with Gasteiger partial charge in [0, 0.05) is 36.7 Å². The van der Waals surface area contributed by atoms with Gasteiger partial charge >= 0.3 is 5.97 Å². The smallest absolute Gasteiger partial charge is 0.341 e. The summed E-state index contributed by atoms with van der Waals surface area (Å²) in [4.78, 5) is 26.2. The molecule has 2 heterocycles. The lowest BCUT2D eigenvalue weighted by molar-refractivity contribution is 0.0694. The van der Waals surface area contributed by atoms with Crippen molar-refractivity contribution in [3.05, 3.63) is 33.9 Å². The number of carboxylic acids is 1. The Morgan fingerprint density at radius 1 is 1.35 bits per heavy atom. The number of hydrogen-bond donors (Lipinski definition) is 2. The summed E-state index contributed by atoms with van der Waals surface area (Å²) in [5, 5.41) is 9.27. The second-order valence-corrected chi connectivity index (χ2v) is 9.09. The quantitative estimate of drug-likeness (QED) is 0.748. The largest absolute Gasteiger partial charge is 0.492 e. The summed E-state index contributed by atoms with van der Waals surface area (Å²) in [5.74, 6) is -2.03. The standard InChI is InChI=1S/C21H23F2N3O4.H2O/c1-20(24)8-25(9-21(20)3-4-21)16-13(23)5-10-15(18(16)30-2)26(14-6-12(14)22)7-11(17(10)27)19(28)29;/h5,7,12,14H,3-4,6,8-9,24H2,1-2H3,(H,28,29);1H2/t12-,14+,20+;/m0./s1. The van der Waals surface area contributed by atoms with Gasteiger partial charge in [-0.1, -0.05) is 0 Å². The Labute approximate surface area is 176 Å². The summed E-state index contributed by atoms with van der Waals surface area (Å²) in [6, 6.07) is 0.423. The number of hydrogen-bond acceptors (Lipinski definition) is 5. The molecule has 0 radical (unpaired) electrons. The Bertz CT molecular complexity index is 1150. The predicted octanol–water partition coefficient (Wildman–Crippen LogP) is 1.62. The zero-order valence-corrected chi connectivity index (χ0v) is 17.2. The average molecular weight is 437 g/mol. The molecule has 3 fully saturated rings. The van der Waals surface area contributed by atoms with Crippen LogP contribution < -0.4 is 20.8 Å². The van der Waals surface area contributed by atoms with Crippen molar-refractivity contribution in [1.82, 2.24) is 4.57 Å². The van der Waals surface area contributed by atoms with Gasteiger partial charge in [-0.05, 0) is 25.8 Å². The number of pyridine rings is 1. The topological polar surface area (TPSA) is 129 Å². The summed E-state index contributed by atoms with van der Waals surface area (Å²) in [7, 11) is 1.36. The van der Waals surface area contributed by atoms with Crippen LogP contribution in [0, 0.1) is 11.2 Å².